The third-order valence-electron chi connectivity index (χ3n) is 5.38. The molecular weight excluding hydrogens is 408 g/mol. The molecule has 5 rings (SSSR count). The van der Waals surface area contributed by atoms with Gasteiger partial charge in [-0.05, 0) is 61.6 Å². The van der Waals surface area contributed by atoms with E-state index in [4.69, 9.17) is 33.0 Å². The summed E-state index contributed by atoms with van der Waals surface area (Å²) >= 11 is 12.1. The molecule has 0 aliphatic carbocycles. The van der Waals surface area contributed by atoms with E-state index < -0.39 is 5.72 Å². The molecule has 2 aromatic carbocycles. The van der Waals surface area contributed by atoms with Gasteiger partial charge in [0.1, 0.15) is 5.75 Å². The molecule has 1 saturated heterocycles. The van der Waals surface area contributed by atoms with E-state index in [-0.39, 0.29) is 17.7 Å². The molecule has 0 spiro atoms. The zero-order valence-corrected chi connectivity index (χ0v) is 17.1. The maximum absolute atomic E-state index is 13.4. The van der Waals surface area contributed by atoms with Crippen LogP contribution in [0.15, 0.2) is 71.3 Å². The Labute approximate surface area is 178 Å². The molecule has 2 aliphatic heterocycles. The van der Waals surface area contributed by atoms with Gasteiger partial charge in [0.2, 0.25) is 0 Å². The summed E-state index contributed by atoms with van der Waals surface area (Å²) in [5, 5.41) is 0.944. The topological polar surface area (TPSA) is 45.9 Å². The van der Waals surface area contributed by atoms with Gasteiger partial charge in [-0.3, -0.25) is 14.6 Å². The van der Waals surface area contributed by atoms with Gasteiger partial charge in [-0.25, -0.2) is 0 Å². The maximum Gasteiger partial charge on any atom is 0.296 e. The molecule has 0 N–H and O–H groups in total. The van der Waals surface area contributed by atoms with Gasteiger partial charge in [0.25, 0.3) is 5.91 Å². The minimum Gasteiger partial charge on any atom is -0.467 e. The van der Waals surface area contributed by atoms with E-state index >= 15 is 0 Å². The molecule has 29 heavy (non-hydrogen) atoms. The predicted molar refractivity (Wildman–Crippen MR) is 114 cm³/mol. The van der Waals surface area contributed by atoms with Crippen molar-refractivity contribution in [2.45, 2.75) is 25.1 Å². The van der Waals surface area contributed by atoms with Crippen LogP contribution in [0.4, 0.5) is 5.69 Å². The Hall–Kier alpha value is -2.83. The average Bonchev–Trinajstić information content (AvgIpc) is 3.24. The van der Waals surface area contributed by atoms with E-state index in [1.165, 1.54) is 6.26 Å². The summed E-state index contributed by atoms with van der Waals surface area (Å²) in [5.41, 5.74) is 0.946. The van der Waals surface area contributed by atoms with Crippen molar-refractivity contribution in [3.63, 3.8) is 0 Å². The first kappa shape index (κ1) is 18.2. The van der Waals surface area contributed by atoms with Crippen molar-refractivity contribution in [2.75, 3.05) is 4.90 Å². The van der Waals surface area contributed by atoms with Crippen molar-refractivity contribution in [3.05, 3.63) is 83.3 Å². The summed E-state index contributed by atoms with van der Waals surface area (Å²) in [7, 11) is 0. The number of nitrogens with zero attached hydrogens (tertiary/aromatic N) is 2. The van der Waals surface area contributed by atoms with Crippen LogP contribution in [0.1, 0.15) is 35.5 Å². The standard InChI is InChI=1S/C22H17ClN2O3S/c1-22-13-17(16-12-14(23)9-10-18(16)28-22)24(20(26)19-8-5-11-27-19)21(29)25(22)15-6-3-2-4-7-15/h2-12,17H,13H2,1H3/t17-,22-/m0/s1. The Bertz CT molecular complexity index is 1100. The quantitative estimate of drug-likeness (QED) is 0.514. The first-order valence-corrected chi connectivity index (χ1v) is 10.0. The molecule has 146 valence electrons. The molecule has 0 unspecified atom stereocenters. The molecular formula is C22H17ClN2O3S. The molecule has 1 aromatic heterocycles. The molecule has 7 heteroatoms. The first-order valence-electron chi connectivity index (χ1n) is 9.23. The fourth-order valence-electron chi connectivity index (χ4n) is 4.14. The van der Waals surface area contributed by atoms with Crippen LogP contribution in [-0.2, 0) is 0 Å². The highest BCUT2D eigenvalue weighted by molar-refractivity contribution is 7.80. The van der Waals surface area contributed by atoms with Crippen LogP contribution >= 0.6 is 23.8 Å². The lowest BCUT2D eigenvalue weighted by molar-refractivity contribution is 0.0174. The molecule has 5 nitrogen and oxygen atoms in total. The highest BCUT2D eigenvalue weighted by Crippen LogP contribution is 2.50. The van der Waals surface area contributed by atoms with Gasteiger partial charge in [0, 0.05) is 22.7 Å². The number of carbonyl (C=O) groups excluding carboxylic acids is 1. The Kier molecular flexibility index (Phi) is 4.15. The van der Waals surface area contributed by atoms with Gasteiger partial charge in [-0.15, -0.1) is 0 Å². The number of hydrogen-bond acceptors (Lipinski definition) is 4. The lowest BCUT2D eigenvalue weighted by Gasteiger charge is -2.55. The number of halogens is 1. The van der Waals surface area contributed by atoms with E-state index in [0.717, 1.165) is 11.3 Å². The fraction of sp³-hybridized carbons (Fsp3) is 0.182. The number of ether oxygens (including phenoxy) is 1. The van der Waals surface area contributed by atoms with Crippen LogP contribution in [-0.4, -0.2) is 21.6 Å². The van der Waals surface area contributed by atoms with Crippen molar-refractivity contribution < 1.29 is 13.9 Å². The molecule has 2 aliphatic rings. The average molecular weight is 425 g/mol. The Morgan fingerprint density at radius 1 is 1.17 bits per heavy atom. The number of rotatable bonds is 2. The maximum atomic E-state index is 13.4. The Balaban J connectivity index is 1.70. The van der Waals surface area contributed by atoms with E-state index in [1.54, 1.807) is 23.1 Å². The fourth-order valence-corrected chi connectivity index (χ4v) is 4.83. The normalized spacial score (nSPS) is 22.8. The number of furan rings is 1. The number of thiocarbonyl (C=S) groups is 1. The van der Waals surface area contributed by atoms with Crippen LogP contribution in [0.3, 0.4) is 0 Å². The van der Waals surface area contributed by atoms with Crippen LogP contribution in [0.2, 0.25) is 5.02 Å². The van der Waals surface area contributed by atoms with Crippen LogP contribution in [0.5, 0.6) is 5.75 Å². The number of carbonyl (C=O) groups is 1. The minimum atomic E-state index is -0.746. The number of para-hydroxylation sites is 1. The van der Waals surface area contributed by atoms with Gasteiger partial charge in [0.15, 0.2) is 16.6 Å². The van der Waals surface area contributed by atoms with E-state index in [9.17, 15) is 4.79 Å². The van der Waals surface area contributed by atoms with Crippen molar-refractivity contribution in [1.29, 1.82) is 0 Å². The number of hydrogen-bond donors (Lipinski definition) is 0. The number of amides is 1. The number of fused-ring (bicyclic) bond motifs is 4. The SMILES string of the molecule is C[C@@]12C[C@@H](c3cc(Cl)ccc3O1)N(C(=O)c1ccco1)C(=S)N2c1ccccc1. The lowest BCUT2D eigenvalue weighted by Crippen LogP contribution is -2.67. The number of benzene rings is 2. The molecule has 3 aromatic rings. The molecule has 3 heterocycles. The minimum absolute atomic E-state index is 0.235. The third kappa shape index (κ3) is 2.82. The smallest absolute Gasteiger partial charge is 0.296 e. The second kappa shape index (κ2) is 6.61. The summed E-state index contributed by atoms with van der Waals surface area (Å²) in [6.45, 7) is 1.99. The highest BCUT2D eigenvalue weighted by atomic mass is 35.5. The Morgan fingerprint density at radius 3 is 2.69 bits per heavy atom. The van der Waals surface area contributed by atoms with Crippen LogP contribution in [0.25, 0.3) is 0 Å². The Morgan fingerprint density at radius 2 is 1.97 bits per heavy atom. The van der Waals surface area contributed by atoms with Gasteiger partial charge in [-0.2, -0.15) is 0 Å². The molecule has 0 radical (unpaired) electrons. The van der Waals surface area contributed by atoms with E-state index in [2.05, 4.69) is 0 Å². The second-order valence-electron chi connectivity index (χ2n) is 7.29. The van der Waals surface area contributed by atoms with E-state index in [1.807, 2.05) is 54.3 Å². The largest absolute Gasteiger partial charge is 0.467 e. The summed E-state index contributed by atoms with van der Waals surface area (Å²) in [4.78, 5) is 16.9. The van der Waals surface area contributed by atoms with Crippen LogP contribution in [0, 0.1) is 0 Å². The lowest BCUT2D eigenvalue weighted by atomic mass is 9.88. The molecule has 0 saturated carbocycles. The summed E-state index contributed by atoms with van der Waals surface area (Å²) in [6.07, 6.45) is 2.01. The summed E-state index contributed by atoms with van der Waals surface area (Å²) in [6, 6.07) is 18.2. The predicted octanol–water partition coefficient (Wildman–Crippen LogP) is 5.42. The van der Waals surface area contributed by atoms with Crippen molar-refractivity contribution in [3.8, 4) is 5.75 Å². The molecule has 1 fully saturated rings. The molecule has 2 atom stereocenters. The van der Waals surface area contributed by atoms with Crippen LogP contribution < -0.4 is 9.64 Å². The van der Waals surface area contributed by atoms with Crippen molar-refractivity contribution >= 4 is 40.5 Å². The first-order chi connectivity index (χ1) is 14.0. The zero-order valence-electron chi connectivity index (χ0n) is 15.5. The molecule has 2 bridgehead atoms. The van der Waals surface area contributed by atoms with Crippen molar-refractivity contribution in [2.24, 2.45) is 0 Å². The van der Waals surface area contributed by atoms with E-state index in [0.29, 0.717) is 22.3 Å². The summed E-state index contributed by atoms with van der Waals surface area (Å²) < 4.78 is 11.8. The zero-order chi connectivity index (χ0) is 20.2. The van der Waals surface area contributed by atoms with Gasteiger partial charge in [0.05, 0.1) is 12.3 Å². The second-order valence-corrected chi connectivity index (χ2v) is 8.09. The van der Waals surface area contributed by atoms with Crippen molar-refractivity contribution in [1.82, 2.24) is 4.90 Å². The van der Waals surface area contributed by atoms with Gasteiger partial charge in [-0.1, -0.05) is 29.8 Å². The van der Waals surface area contributed by atoms with Gasteiger partial charge < -0.3 is 9.15 Å². The van der Waals surface area contributed by atoms with Gasteiger partial charge >= 0.3 is 0 Å². The highest BCUT2D eigenvalue weighted by Gasteiger charge is 2.53. The third-order valence-corrected chi connectivity index (χ3v) is 5.99. The molecule has 1 amide bonds. The number of anilines is 1. The monoisotopic (exact) mass is 424 g/mol. The summed E-state index contributed by atoms with van der Waals surface area (Å²) in [5.74, 6) is 0.633.